The summed E-state index contributed by atoms with van der Waals surface area (Å²) >= 11 is 4.63. The number of ether oxygens (including phenoxy) is 1. The van der Waals surface area contributed by atoms with Crippen molar-refractivity contribution < 1.29 is 27.2 Å². The molecule has 4 aromatic rings. The van der Waals surface area contributed by atoms with Crippen LogP contribution in [-0.2, 0) is 6.54 Å². The van der Waals surface area contributed by atoms with Crippen molar-refractivity contribution in [1.29, 1.82) is 0 Å². The lowest BCUT2D eigenvalue weighted by Gasteiger charge is -2.16. The van der Waals surface area contributed by atoms with Crippen LogP contribution in [0, 0.1) is 5.92 Å². The molecule has 42 heavy (non-hydrogen) atoms. The summed E-state index contributed by atoms with van der Waals surface area (Å²) in [4.78, 5) is 19.5. The van der Waals surface area contributed by atoms with Crippen LogP contribution in [0.1, 0.15) is 59.7 Å². The molecule has 8 nitrogen and oxygen atoms in total. The Morgan fingerprint density at radius 3 is 2.67 bits per heavy atom. The number of para-hydroxylation sites is 1. The molecule has 7 rings (SSSR count). The number of rotatable bonds is 9. The molecule has 2 aromatic carbocycles. The van der Waals surface area contributed by atoms with Crippen molar-refractivity contribution in [2.24, 2.45) is 11.1 Å². The van der Waals surface area contributed by atoms with Crippen molar-refractivity contribution in [2.45, 2.75) is 57.0 Å². The highest BCUT2D eigenvalue weighted by Crippen LogP contribution is 2.45. The number of alkyl halides is 3. The fourth-order valence-electron chi connectivity index (χ4n) is 5.38. The van der Waals surface area contributed by atoms with Crippen LogP contribution in [0.15, 0.2) is 47.0 Å². The average molecular weight is 618 g/mol. The molecule has 1 unspecified atom stereocenters. The maximum absolute atomic E-state index is 13.1. The minimum atomic E-state index is -4.81. The summed E-state index contributed by atoms with van der Waals surface area (Å²) in [6, 6.07) is 12.0. The van der Waals surface area contributed by atoms with Crippen LogP contribution in [0.2, 0.25) is 0 Å². The van der Waals surface area contributed by atoms with Crippen LogP contribution in [-0.4, -0.2) is 41.4 Å². The number of thiazole rings is 1. The van der Waals surface area contributed by atoms with Gasteiger partial charge in [0.2, 0.25) is 0 Å². The SMILES string of the molecule is NS.O=C(c1ccc2nc(N3CCC(NCc4c(-c5ccccc5OC(F)(F)F)noc4C4CC4)C3)sc2c1)C1CC1. The summed E-state index contributed by atoms with van der Waals surface area (Å²) in [5.74, 6) is 1.10. The summed E-state index contributed by atoms with van der Waals surface area (Å²) in [6.07, 6.45) is 0.0171. The third-order valence-corrected chi connectivity index (χ3v) is 8.85. The molecular weight excluding hydrogens is 587 g/mol. The molecule has 0 spiro atoms. The van der Waals surface area contributed by atoms with Crippen molar-refractivity contribution >= 4 is 45.3 Å². The average Bonchev–Trinajstić information content (AvgIpc) is 3.88. The van der Waals surface area contributed by atoms with Crippen LogP contribution < -0.4 is 20.1 Å². The Bertz CT molecular complexity index is 1580. The molecule has 13 heteroatoms. The molecule has 1 atom stereocenters. The summed E-state index contributed by atoms with van der Waals surface area (Å²) < 4.78 is 50.2. The smallest absolute Gasteiger partial charge is 0.405 e. The van der Waals surface area contributed by atoms with Gasteiger partial charge in [0.05, 0.1) is 10.2 Å². The zero-order chi connectivity index (χ0) is 29.4. The summed E-state index contributed by atoms with van der Waals surface area (Å²) in [7, 11) is 0. The topological polar surface area (TPSA) is 107 Å². The molecule has 0 bridgehead atoms. The summed E-state index contributed by atoms with van der Waals surface area (Å²) in [6.45, 7) is 2.01. The van der Waals surface area contributed by atoms with E-state index in [1.807, 2.05) is 18.2 Å². The molecule has 2 aromatic heterocycles. The monoisotopic (exact) mass is 617 g/mol. The minimum absolute atomic E-state index is 0.162. The van der Waals surface area contributed by atoms with E-state index in [9.17, 15) is 18.0 Å². The number of nitrogens with one attached hydrogen (secondary N) is 1. The molecule has 3 aliphatic rings. The number of hydrogen-bond donors (Lipinski definition) is 3. The van der Waals surface area contributed by atoms with E-state index in [4.69, 9.17) is 9.51 Å². The number of halogens is 3. The Morgan fingerprint density at radius 2 is 1.93 bits per heavy atom. The van der Waals surface area contributed by atoms with E-state index in [1.165, 1.54) is 12.1 Å². The zero-order valence-corrected chi connectivity index (χ0v) is 24.3. The lowest BCUT2D eigenvalue weighted by molar-refractivity contribution is -0.274. The van der Waals surface area contributed by atoms with E-state index < -0.39 is 6.36 Å². The molecule has 1 aliphatic heterocycles. The fourth-order valence-corrected chi connectivity index (χ4v) is 6.42. The molecule has 1 saturated heterocycles. The van der Waals surface area contributed by atoms with Gasteiger partial charge < -0.3 is 19.5 Å². The van der Waals surface area contributed by atoms with E-state index in [-0.39, 0.29) is 35.0 Å². The van der Waals surface area contributed by atoms with Gasteiger partial charge >= 0.3 is 6.36 Å². The minimum Gasteiger partial charge on any atom is -0.405 e. The quantitative estimate of drug-likeness (QED) is 0.145. The highest BCUT2D eigenvalue weighted by atomic mass is 32.1. The lowest BCUT2D eigenvalue weighted by atomic mass is 10.0. The highest BCUT2D eigenvalue weighted by molar-refractivity contribution is 7.77. The maximum atomic E-state index is 13.1. The predicted molar refractivity (Wildman–Crippen MR) is 158 cm³/mol. The van der Waals surface area contributed by atoms with E-state index in [0.29, 0.717) is 12.2 Å². The van der Waals surface area contributed by atoms with Gasteiger partial charge in [-0.05, 0) is 62.4 Å². The number of fused-ring (bicyclic) bond motifs is 1. The van der Waals surface area contributed by atoms with Crippen LogP contribution in [0.3, 0.4) is 0 Å². The first-order valence-electron chi connectivity index (χ1n) is 13.8. The second-order valence-electron chi connectivity index (χ2n) is 10.8. The molecule has 2 aliphatic carbocycles. The standard InChI is InChI=1S/C29H27F3N4O3S.H3NS/c30-29(31,32)38-23-4-2-1-3-20(23)25-21(27(39-35-25)17-7-8-17)14-33-19-11-12-36(15-19)28-34-22-10-9-18(13-24(22)40-28)26(37)16-5-6-16;1-2/h1-4,9-10,13,16-17,19,33H,5-8,11-12,14-15H2;2H,1H2. The van der Waals surface area contributed by atoms with E-state index in [2.05, 4.69) is 38.1 Å². The number of nitrogens with zero attached hydrogens (tertiary/aromatic N) is 3. The number of aromatic nitrogens is 2. The third kappa shape index (κ3) is 6.29. The second kappa shape index (κ2) is 11.9. The third-order valence-electron chi connectivity index (χ3n) is 7.77. The number of hydrogen-bond acceptors (Lipinski definition) is 10. The van der Waals surface area contributed by atoms with Gasteiger partial charge in [-0.15, -0.1) is 26.0 Å². The second-order valence-corrected chi connectivity index (χ2v) is 11.8. The largest absolute Gasteiger partial charge is 0.573 e. The van der Waals surface area contributed by atoms with Gasteiger partial charge in [0.15, 0.2) is 10.9 Å². The zero-order valence-electron chi connectivity index (χ0n) is 22.6. The van der Waals surface area contributed by atoms with Crippen molar-refractivity contribution in [3.8, 4) is 17.0 Å². The van der Waals surface area contributed by atoms with Gasteiger partial charge in [-0.3, -0.25) is 9.93 Å². The number of carbonyl (C=O) groups is 1. The fraction of sp³-hybridized carbons (Fsp3) is 0.414. The van der Waals surface area contributed by atoms with Gasteiger partial charge in [-0.1, -0.05) is 28.6 Å². The van der Waals surface area contributed by atoms with E-state index >= 15 is 0 Å². The number of carbonyl (C=O) groups excluding carboxylic acids is 1. The Kier molecular flexibility index (Phi) is 8.18. The Hall–Kier alpha value is -3.13. The number of nitrogens with two attached hydrogens (primary N) is 1. The summed E-state index contributed by atoms with van der Waals surface area (Å²) in [5, 5.41) is 12.9. The molecule has 3 N–H and O–H groups in total. The van der Waals surface area contributed by atoms with Crippen molar-refractivity contribution in [1.82, 2.24) is 15.5 Å². The van der Waals surface area contributed by atoms with Gasteiger partial charge in [0.1, 0.15) is 17.2 Å². The van der Waals surface area contributed by atoms with Gasteiger partial charge in [-0.2, -0.15) is 0 Å². The van der Waals surface area contributed by atoms with Crippen LogP contribution in [0.4, 0.5) is 18.3 Å². The first kappa shape index (κ1) is 29.0. The number of benzene rings is 2. The Balaban J connectivity index is 0.00000155. The molecule has 222 valence electrons. The highest BCUT2D eigenvalue weighted by Gasteiger charge is 2.36. The maximum Gasteiger partial charge on any atom is 0.573 e. The molecule has 3 fully saturated rings. The number of anilines is 1. The van der Waals surface area contributed by atoms with Crippen molar-refractivity contribution in [2.75, 3.05) is 18.0 Å². The lowest BCUT2D eigenvalue weighted by Crippen LogP contribution is -2.32. The van der Waals surface area contributed by atoms with Crippen molar-refractivity contribution in [3.05, 3.63) is 59.4 Å². The Labute approximate surface area is 249 Å². The predicted octanol–water partition coefficient (Wildman–Crippen LogP) is 6.48. The molecule has 2 saturated carbocycles. The molecule has 0 amide bonds. The number of thiol groups is 1. The first-order chi connectivity index (χ1) is 20.3. The van der Waals surface area contributed by atoms with Gasteiger partial charge in [-0.25, -0.2) is 4.98 Å². The number of ketones is 1. The van der Waals surface area contributed by atoms with Crippen molar-refractivity contribution in [3.63, 3.8) is 0 Å². The molecule has 3 heterocycles. The Morgan fingerprint density at radius 1 is 1.14 bits per heavy atom. The van der Waals surface area contributed by atoms with Gasteiger partial charge in [0, 0.05) is 54.2 Å². The first-order valence-corrected chi connectivity index (χ1v) is 15.2. The van der Waals surface area contributed by atoms with Crippen LogP contribution in [0.25, 0.3) is 21.5 Å². The molecule has 0 radical (unpaired) electrons. The van der Waals surface area contributed by atoms with Crippen LogP contribution in [0.5, 0.6) is 5.75 Å². The normalized spacial score (nSPS) is 18.7. The molecular formula is C29H30F3N5O3S2. The van der Waals surface area contributed by atoms with E-state index in [0.717, 1.165) is 77.4 Å². The van der Waals surface area contributed by atoms with Crippen LogP contribution >= 0.6 is 24.2 Å². The van der Waals surface area contributed by atoms with Gasteiger partial charge in [0.25, 0.3) is 0 Å². The summed E-state index contributed by atoms with van der Waals surface area (Å²) in [5.41, 5.74) is 3.09. The number of Topliss-reactive ketones (excluding diaryl/α,β-unsaturated/α-hetero) is 1. The van der Waals surface area contributed by atoms with E-state index in [1.54, 1.807) is 23.5 Å².